The van der Waals surface area contributed by atoms with Gasteiger partial charge in [-0.2, -0.15) is 5.26 Å². The van der Waals surface area contributed by atoms with E-state index in [2.05, 4.69) is 15.5 Å². The summed E-state index contributed by atoms with van der Waals surface area (Å²) < 4.78 is 11.3. The Balaban J connectivity index is 1.61. The predicted molar refractivity (Wildman–Crippen MR) is 132 cm³/mol. The summed E-state index contributed by atoms with van der Waals surface area (Å²) in [5.74, 6) is 1.29. The third kappa shape index (κ3) is 7.22. The van der Waals surface area contributed by atoms with Gasteiger partial charge in [-0.25, -0.2) is 0 Å². The van der Waals surface area contributed by atoms with Gasteiger partial charge in [-0.15, -0.1) is 22.0 Å². The highest BCUT2D eigenvalue weighted by Gasteiger charge is 2.13. The highest BCUT2D eigenvalue weighted by molar-refractivity contribution is 7.99. The lowest BCUT2D eigenvalue weighted by atomic mass is 10.1. The summed E-state index contributed by atoms with van der Waals surface area (Å²) in [6, 6.07) is 14.8. The Morgan fingerprint density at radius 2 is 2.03 bits per heavy atom. The number of hydrogen-bond acceptors (Lipinski definition) is 8. The molecule has 33 heavy (non-hydrogen) atoms. The second-order valence-corrected chi connectivity index (χ2v) is 9.21. The van der Waals surface area contributed by atoms with Gasteiger partial charge in [0.05, 0.1) is 13.7 Å². The van der Waals surface area contributed by atoms with Crippen molar-refractivity contribution >= 4 is 51.8 Å². The molecule has 0 saturated heterocycles. The first-order chi connectivity index (χ1) is 16.0. The lowest BCUT2D eigenvalue weighted by Crippen LogP contribution is -2.13. The van der Waals surface area contributed by atoms with Crippen LogP contribution in [0, 0.1) is 11.3 Å². The fraction of sp³-hybridized carbons (Fsp3) is 0.217. The number of aromatic nitrogens is 2. The zero-order chi connectivity index (χ0) is 23.6. The summed E-state index contributed by atoms with van der Waals surface area (Å²) in [6.07, 6.45) is 2.21. The van der Waals surface area contributed by atoms with Crippen molar-refractivity contribution in [1.29, 1.82) is 5.26 Å². The van der Waals surface area contributed by atoms with Gasteiger partial charge in [0, 0.05) is 15.7 Å². The fourth-order valence-electron chi connectivity index (χ4n) is 2.66. The molecule has 170 valence electrons. The Bertz CT molecular complexity index is 1170. The number of aryl methyl sites for hydroxylation is 1. The molecule has 3 aromatic rings. The molecule has 0 spiro atoms. The number of thioether (sulfide) groups is 1. The summed E-state index contributed by atoms with van der Waals surface area (Å²) in [7, 11) is 1.54. The van der Waals surface area contributed by atoms with Crippen LogP contribution in [0.4, 0.5) is 5.13 Å². The Morgan fingerprint density at radius 1 is 1.24 bits per heavy atom. The van der Waals surface area contributed by atoms with Crippen LogP contribution < -0.4 is 14.8 Å². The number of anilines is 1. The standard InChI is InChI=1S/C23H21ClN4O3S2/c1-3-21-27-28-23(33-21)26-22(29)16(14-25)12-15-4-9-19(20(13-15)30-2)31-10-11-32-18-7-5-17(24)6-8-18/h4-9,12-13H,3,10-11H2,1-2H3,(H,26,28,29)/b16-12-. The fourth-order valence-corrected chi connectivity index (χ4v) is 4.19. The van der Waals surface area contributed by atoms with Gasteiger partial charge in [-0.3, -0.25) is 10.1 Å². The van der Waals surface area contributed by atoms with E-state index in [-0.39, 0.29) is 5.57 Å². The van der Waals surface area contributed by atoms with Gasteiger partial charge in [0.25, 0.3) is 5.91 Å². The van der Waals surface area contributed by atoms with Crippen LogP contribution in [0.1, 0.15) is 17.5 Å². The van der Waals surface area contributed by atoms with Crippen LogP contribution in [-0.4, -0.2) is 35.6 Å². The molecule has 0 unspecified atom stereocenters. The molecule has 0 saturated carbocycles. The number of halogens is 1. The molecule has 0 aliphatic carbocycles. The minimum Gasteiger partial charge on any atom is -0.493 e. The number of ether oxygens (including phenoxy) is 2. The topological polar surface area (TPSA) is 97.1 Å². The molecule has 1 heterocycles. The third-order valence-electron chi connectivity index (χ3n) is 4.28. The summed E-state index contributed by atoms with van der Waals surface area (Å²) in [6.45, 7) is 2.43. The van der Waals surface area contributed by atoms with E-state index in [1.807, 2.05) is 37.3 Å². The van der Waals surface area contributed by atoms with Crippen molar-refractivity contribution in [3.05, 3.63) is 63.6 Å². The maximum atomic E-state index is 12.4. The Labute approximate surface area is 205 Å². The van der Waals surface area contributed by atoms with Gasteiger partial charge in [0.1, 0.15) is 16.6 Å². The largest absolute Gasteiger partial charge is 0.493 e. The zero-order valence-corrected chi connectivity index (χ0v) is 20.4. The second-order valence-electron chi connectivity index (χ2n) is 6.54. The SMILES string of the molecule is CCc1nnc(NC(=O)/C(C#N)=C\c2ccc(OCCSc3ccc(Cl)cc3)c(OC)c2)s1. The molecule has 0 fully saturated rings. The van der Waals surface area contributed by atoms with Gasteiger partial charge in [0.2, 0.25) is 5.13 Å². The van der Waals surface area contributed by atoms with Crippen molar-refractivity contribution in [3.63, 3.8) is 0 Å². The van der Waals surface area contributed by atoms with E-state index in [9.17, 15) is 10.1 Å². The van der Waals surface area contributed by atoms with Crippen LogP contribution in [0.5, 0.6) is 11.5 Å². The van der Waals surface area contributed by atoms with Crippen molar-refractivity contribution in [2.75, 3.05) is 24.8 Å². The van der Waals surface area contributed by atoms with E-state index in [1.54, 1.807) is 30.0 Å². The molecule has 1 N–H and O–H groups in total. The summed E-state index contributed by atoms with van der Waals surface area (Å²) >= 11 is 8.84. The van der Waals surface area contributed by atoms with Gasteiger partial charge in [-0.05, 0) is 54.5 Å². The van der Waals surface area contributed by atoms with Crippen molar-refractivity contribution in [2.45, 2.75) is 18.2 Å². The van der Waals surface area contributed by atoms with Gasteiger partial charge in [0.15, 0.2) is 11.5 Å². The lowest BCUT2D eigenvalue weighted by molar-refractivity contribution is -0.112. The van der Waals surface area contributed by atoms with E-state index in [1.165, 1.54) is 24.5 Å². The molecule has 10 heteroatoms. The lowest BCUT2D eigenvalue weighted by Gasteiger charge is -2.11. The number of carbonyl (C=O) groups excluding carboxylic acids is 1. The number of nitrogens with zero attached hydrogens (tertiary/aromatic N) is 3. The van der Waals surface area contributed by atoms with Crippen LogP contribution in [0.3, 0.4) is 0 Å². The molecule has 7 nitrogen and oxygen atoms in total. The highest BCUT2D eigenvalue weighted by atomic mass is 35.5. The van der Waals surface area contributed by atoms with Crippen molar-refractivity contribution in [3.8, 4) is 17.6 Å². The number of rotatable bonds is 10. The number of nitrogens with one attached hydrogen (secondary N) is 1. The summed E-state index contributed by atoms with van der Waals surface area (Å²) in [4.78, 5) is 13.6. The predicted octanol–water partition coefficient (Wildman–Crippen LogP) is 5.48. The summed E-state index contributed by atoms with van der Waals surface area (Å²) in [5, 5.41) is 21.8. The minimum absolute atomic E-state index is 0.0571. The monoisotopic (exact) mass is 500 g/mol. The van der Waals surface area contributed by atoms with Gasteiger partial charge >= 0.3 is 0 Å². The van der Waals surface area contributed by atoms with Crippen LogP contribution in [0.2, 0.25) is 5.02 Å². The number of amides is 1. The van der Waals surface area contributed by atoms with Gasteiger partial charge in [-0.1, -0.05) is 35.9 Å². The average molecular weight is 501 g/mol. The highest BCUT2D eigenvalue weighted by Crippen LogP contribution is 2.30. The van der Waals surface area contributed by atoms with Crippen LogP contribution in [0.25, 0.3) is 6.08 Å². The molecule has 1 amide bonds. The number of nitriles is 1. The summed E-state index contributed by atoms with van der Waals surface area (Å²) in [5.41, 5.74) is 0.575. The molecule has 3 rings (SSSR count). The normalized spacial score (nSPS) is 11.0. The first-order valence-electron chi connectivity index (χ1n) is 9.97. The molecule has 0 bridgehead atoms. The zero-order valence-electron chi connectivity index (χ0n) is 18.0. The molecule has 0 aliphatic heterocycles. The molecule has 1 aromatic heterocycles. The Kier molecular flexibility index (Phi) is 9.13. The van der Waals surface area contributed by atoms with E-state index >= 15 is 0 Å². The second kappa shape index (κ2) is 12.3. The van der Waals surface area contributed by atoms with E-state index < -0.39 is 5.91 Å². The average Bonchev–Trinajstić information content (AvgIpc) is 3.29. The van der Waals surface area contributed by atoms with Crippen LogP contribution in [0.15, 0.2) is 52.9 Å². The maximum absolute atomic E-state index is 12.4. The Hall–Kier alpha value is -3.06. The number of benzene rings is 2. The van der Waals surface area contributed by atoms with E-state index in [0.29, 0.717) is 33.8 Å². The van der Waals surface area contributed by atoms with Crippen molar-refractivity contribution in [1.82, 2.24) is 10.2 Å². The maximum Gasteiger partial charge on any atom is 0.268 e. The smallest absolute Gasteiger partial charge is 0.268 e. The number of hydrogen-bond donors (Lipinski definition) is 1. The third-order valence-corrected chi connectivity index (χ3v) is 6.49. The Morgan fingerprint density at radius 3 is 2.70 bits per heavy atom. The molecule has 0 aliphatic rings. The quantitative estimate of drug-likeness (QED) is 0.170. The van der Waals surface area contributed by atoms with Crippen molar-refractivity contribution in [2.24, 2.45) is 0 Å². The van der Waals surface area contributed by atoms with Crippen LogP contribution >= 0.6 is 34.7 Å². The minimum atomic E-state index is -0.546. The number of carbonyl (C=O) groups is 1. The molecular weight excluding hydrogens is 480 g/mol. The first-order valence-corrected chi connectivity index (χ1v) is 12.1. The molecule has 0 radical (unpaired) electrons. The van der Waals surface area contributed by atoms with Crippen molar-refractivity contribution < 1.29 is 14.3 Å². The van der Waals surface area contributed by atoms with E-state index in [0.717, 1.165) is 22.1 Å². The molecule has 0 atom stereocenters. The first kappa shape index (κ1) is 24.6. The number of methoxy groups -OCH3 is 1. The van der Waals surface area contributed by atoms with Gasteiger partial charge < -0.3 is 9.47 Å². The molecular formula is C23H21ClN4O3S2. The van der Waals surface area contributed by atoms with Crippen LogP contribution in [-0.2, 0) is 11.2 Å². The van der Waals surface area contributed by atoms with E-state index in [4.69, 9.17) is 21.1 Å². The molecule has 2 aromatic carbocycles.